The molecule has 0 bridgehead atoms. The summed E-state index contributed by atoms with van der Waals surface area (Å²) in [4.78, 5) is 5.17. The van der Waals surface area contributed by atoms with Gasteiger partial charge in [-0.1, -0.05) is 0 Å². The smallest absolute Gasteiger partial charge is 0.0193 e. The first kappa shape index (κ1) is 9.50. The number of hydrogen-bond donors (Lipinski definition) is 2. The van der Waals surface area contributed by atoms with Gasteiger partial charge < -0.3 is 0 Å². The number of nitrogens with one attached hydrogen (secondary N) is 2. The van der Waals surface area contributed by atoms with Crippen LogP contribution in [0, 0.1) is 0 Å². The van der Waals surface area contributed by atoms with E-state index in [0.717, 1.165) is 19.4 Å². The Bertz CT molecular complexity index is 60.9. The average molecular weight is 171 g/mol. The van der Waals surface area contributed by atoms with Gasteiger partial charge in [-0.2, -0.15) is 0 Å². The van der Waals surface area contributed by atoms with Crippen molar-refractivity contribution in [2.75, 3.05) is 6.54 Å². The van der Waals surface area contributed by atoms with Gasteiger partial charge in [0.05, 0.1) is 0 Å². The predicted octanol–water partition coefficient (Wildman–Crippen LogP) is 1.64. The minimum absolute atomic E-state index is 0.372. The third kappa shape index (κ3) is 6.38. The van der Waals surface area contributed by atoms with Crippen LogP contribution in [0.1, 0.15) is 19.8 Å². The van der Waals surface area contributed by atoms with E-state index in [-0.39, 0.29) is 0 Å². The summed E-state index contributed by atoms with van der Waals surface area (Å²) in [7, 11) is 0. The number of hydrogen-bond acceptors (Lipinski definition) is 2. The molecule has 2 N–H and O–H groups in total. The summed E-state index contributed by atoms with van der Waals surface area (Å²) in [5.74, 6) is 0. The molecule has 0 heterocycles. The minimum atomic E-state index is 0.372. The molecule has 0 unspecified atom stereocenters. The van der Waals surface area contributed by atoms with Gasteiger partial charge in [0.25, 0.3) is 0 Å². The number of halogens is 2. The summed E-state index contributed by atoms with van der Waals surface area (Å²) < 4.78 is 0. The van der Waals surface area contributed by atoms with E-state index in [1.807, 2.05) is 6.92 Å². The third-order valence-corrected chi connectivity index (χ3v) is 1.66. The lowest BCUT2D eigenvalue weighted by atomic mass is 10.2. The van der Waals surface area contributed by atoms with E-state index < -0.39 is 0 Å². The molecule has 0 aliphatic rings. The Morgan fingerprint density at radius 3 is 2.56 bits per heavy atom. The molecule has 0 fully saturated rings. The molecule has 0 aliphatic heterocycles. The maximum absolute atomic E-state index is 5.33. The maximum atomic E-state index is 5.33. The molecule has 56 valence electrons. The molecule has 4 heteroatoms. The molecule has 0 spiro atoms. The van der Waals surface area contributed by atoms with Crippen molar-refractivity contribution in [3.8, 4) is 0 Å². The van der Waals surface area contributed by atoms with Crippen molar-refractivity contribution in [3.63, 3.8) is 0 Å². The van der Waals surface area contributed by atoms with Crippen molar-refractivity contribution in [3.05, 3.63) is 0 Å². The first-order valence-corrected chi connectivity index (χ1v) is 3.76. The Labute approximate surface area is 66.1 Å². The first-order valence-electron chi connectivity index (χ1n) is 3.01. The summed E-state index contributed by atoms with van der Waals surface area (Å²) in [6.45, 7) is 2.87. The molecule has 0 aromatic carbocycles. The molecule has 0 aromatic heterocycles. The average Bonchev–Trinajstić information content (AvgIpc) is 1.89. The highest BCUT2D eigenvalue weighted by molar-refractivity contribution is 6.13. The SMILES string of the molecule is C[C@@H](CCCNCl)NCl. The second-order valence-corrected chi connectivity index (χ2v) is 2.52. The van der Waals surface area contributed by atoms with Crippen molar-refractivity contribution in [2.24, 2.45) is 0 Å². The molecule has 0 saturated carbocycles. The molecule has 0 rings (SSSR count). The molecule has 0 saturated heterocycles. The van der Waals surface area contributed by atoms with Crippen LogP contribution in [0.3, 0.4) is 0 Å². The van der Waals surface area contributed by atoms with Crippen LogP contribution in [0.25, 0.3) is 0 Å². The normalized spacial score (nSPS) is 13.7. The highest BCUT2D eigenvalue weighted by Gasteiger charge is 1.96. The van der Waals surface area contributed by atoms with Gasteiger partial charge in [-0.25, -0.2) is 9.67 Å². The molecule has 0 amide bonds. The lowest BCUT2D eigenvalue weighted by molar-refractivity contribution is 0.587. The lowest BCUT2D eigenvalue weighted by Gasteiger charge is -2.05. The Balaban J connectivity index is 2.88. The fraction of sp³-hybridized carbons (Fsp3) is 1.00. The summed E-state index contributed by atoms with van der Waals surface area (Å²) in [6, 6.07) is 0.372. The van der Waals surface area contributed by atoms with Gasteiger partial charge in [0.1, 0.15) is 0 Å². The fourth-order valence-electron chi connectivity index (χ4n) is 0.530. The van der Waals surface area contributed by atoms with Crippen LogP contribution in [-0.2, 0) is 0 Å². The molecular weight excluding hydrogens is 159 g/mol. The second kappa shape index (κ2) is 6.62. The number of rotatable bonds is 5. The van der Waals surface area contributed by atoms with Crippen LogP contribution in [0.4, 0.5) is 0 Å². The van der Waals surface area contributed by atoms with Gasteiger partial charge in [-0.05, 0) is 43.3 Å². The fourth-order valence-corrected chi connectivity index (χ4v) is 0.772. The quantitative estimate of drug-likeness (QED) is 0.485. The van der Waals surface area contributed by atoms with Crippen LogP contribution in [0.15, 0.2) is 0 Å². The molecule has 1 atom stereocenters. The predicted molar refractivity (Wildman–Crippen MR) is 41.5 cm³/mol. The monoisotopic (exact) mass is 170 g/mol. The summed E-state index contributed by atoms with van der Waals surface area (Å²) >= 11 is 10.6. The van der Waals surface area contributed by atoms with Crippen LogP contribution in [0.5, 0.6) is 0 Å². The minimum Gasteiger partial charge on any atom is -0.234 e. The zero-order valence-corrected chi connectivity index (χ0v) is 6.97. The lowest BCUT2D eigenvalue weighted by Crippen LogP contribution is -2.17. The standard InChI is InChI=1S/C5H12Cl2N2/c1-5(9-7)3-2-4-8-6/h5,8-9H,2-4H2,1H3/t5-/m0/s1. The Kier molecular flexibility index (Phi) is 6.99. The van der Waals surface area contributed by atoms with Gasteiger partial charge in [-0.3, -0.25) is 0 Å². The Morgan fingerprint density at radius 2 is 2.11 bits per heavy atom. The Hall–Kier alpha value is 0.500. The van der Waals surface area contributed by atoms with E-state index in [0.29, 0.717) is 6.04 Å². The molecule has 0 aromatic rings. The zero-order chi connectivity index (χ0) is 7.11. The van der Waals surface area contributed by atoms with Gasteiger partial charge in [0.2, 0.25) is 0 Å². The van der Waals surface area contributed by atoms with E-state index in [2.05, 4.69) is 9.67 Å². The molecule has 0 aliphatic carbocycles. The van der Waals surface area contributed by atoms with Gasteiger partial charge in [-0.15, -0.1) is 0 Å². The first-order chi connectivity index (χ1) is 4.31. The summed E-state index contributed by atoms with van der Waals surface area (Å²) in [6.07, 6.45) is 2.09. The van der Waals surface area contributed by atoms with Gasteiger partial charge >= 0.3 is 0 Å². The van der Waals surface area contributed by atoms with Crippen LogP contribution in [-0.4, -0.2) is 12.6 Å². The van der Waals surface area contributed by atoms with Crippen LogP contribution >= 0.6 is 23.6 Å². The van der Waals surface area contributed by atoms with Crippen molar-refractivity contribution in [1.82, 2.24) is 9.67 Å². The van der Waals surface area contributed by atoms with Crippen molar-refractivity contribution < 1.29 is 0 Å². The zero-order valence-electron chi connectivity index (χ0n) is 5.45. The van der Waals surface area contributed by atoms with Crippen molar-refractivity contribution >= 4 is 23.6 Å². The largest absolute Gasteiger partial charge is 0.234 e. The van der Waals surface area contributed by atoms with Gasteiger partial charge in [0, 0.05) is 12.6 Å². The van der Waals surface area contributed by atoms with Crippen molar-refractivity contribution in [2.45, 2.75) is 25.8 Å². The summed E-state index contributed by atoms with van der Waals surface area (Å²) in [5.41, 5.74) is 0. The van der Waals surface area contributed by atoms with Crippen LogP contribution < -0.4 is 9.67 Å². The van der Waals surface area contributed by atoms with E-state index in [9.17, 15) is 0 Å². The topological polar surface area (TPSA) is 24.1 Å². The third-order valence-electron chi connectivity index (χ3n) is 1.09. The van der Waals surface area contributed by atoms with Crippen molar-refractivity contribution in [1.29, 1.82) is 0 Å². The van der Waals surface area contributed by atoms with E-state index >= 15 is 0 Å². The van der Waals surface area contributed by atoms with Gasteiger partial charge in [0.15, 0.2) is 0 Å². The molecule has 0 radical (unpaired) electrons. The second-order valence-electron chi connectivity index (χ2n) is 2.04. The summed E-state index contributed by atoms with van der Waals surface area (Å²) in [5, 5.41) is 0. The van der Waals surface area contributed by atoms with E-state index in [1.54, 1.807) is 0 Å². The Morgan fingerprint density at radius 1 is 1.44 bits per heavy atom. The molecular formula is C5H12Cl2N2. The van der Waals surface area contributed by atoms with E-state index in [4.69, 9.17) is 23.6 Å². The molecule has 2 nitrogen and oxygen atoms in total. The van der Waals surface area contributed by atoms with Crippen LogP contribution in [0.2, 0.25) is 0 Å². The highest BCUT2D eigenvalue weighted by Crippen LogP contribution is 1.95. The van der Waals surface area contributed by atoms with E-state index in [1.165, 1.54) is 0 Å². The molecule has 9 heavy (non-hydrogen) atoms. The highest BCUT2D eigenvalue weighted by atomic mass is 35.5. The maximum Gasteiger partial charge on any atom is 0.0193 e.